The smallest absolute Gasteiger partial charge is 0.247 e. The molecule has 0 radical (unpaired) electrons. The summed E-state index contributed by atoms with van der Waals surface area (Å²) in [7, 11) is 0. The van der Waals surface area contributed by atoms with Crippen LogP contribution in [0.25, 0.3) is 11.2 Å². The van der Waals surface area contributed by atoms with Crippen molar-refractivity contribution in [3.05, 3.63) is 36.2 Å². The van der Waals surface area contributed by atoms with Gasteiger partial charge in [-0.2, -0.15) is 9.97 Å². The number of hydrogen-bond donors (Lipinski definition) is 2. The molecule has 1 aromatic carbocycles. The van der Waals surface area contributed by atoms with Gasteiger partial charge in [-0.15, -0.1) is 0 Å². The predicted octanol–water partition coefficient (Wildman–Crippen LogP) is 3.15. The van der Waals surface area contributed by atoms with E-state index in [0.29, 0.717) is 23.9 Å². The number of fused-ring (bicyclic) bond motifs is 1. The average Bonchev–Trinajstić information content (AvgIpc) is 3.31. The first-order chi connectivity index (χ1) is 12.1. The van der Waals surface area contributed by atoms with Gasteiger partial charge in [0, 0.05) is 18.3 Å². The first-order valence-electron chi connectivity index (χ1n) is 8.61. The Kier molecular flexibility index (Phi) is 4.01. The Balaban J connectivity index is 1.72. The zero-order valence-corrected chi connectivity index (χ0v) is 14.4. The molecule has 4 rings (SSSR count). The molecule has 130 valence electrons. The number of aromatic nitrogens is 4. The van der Waals surface area contributed by atoms with E-state index < -0.39 is 0 Å². The first-order valence-corrected chi connectivity index (χ1v) is 8.61. The van der Waals surface area contributed by atoms with Gasteiger partial charge in [0.1, 0.15) is 6.10 Å². The standard InChI is InChI=1S/C18H22N6O/c1-11(2)24-10-20-15-16(24)22-18(23-17(15)25-14-7-8-14)21-13-5-3-12(9-19)4-6-13/h3-6,10-11,14H,7-9,19H2,1-2H3,(H,21,22,23). The van der Waals surface area contributed by atoms with Crippen LogP contribution in [-0.2, 0) is 6.54 Å². The Hall–Kier alpha value is -2.67. The summed E-state index contributed by atoms with van der Waals surface area (Å²) in [6.45, 7) is 4.72. The molecule has 0 bridgehead atoms. The minimum absolute atomic E-state index is 0.249. The summed E-state index contributed by atoms with van der Waals surface area (Å²) < 4.78 is 7.99. The van der Waals surface area contributed by atoms with Gasteiger partial charge in [-0.25, -0.2) is 4.98 Å². The van der Waals surface area contributed by atoms with Crippen molar-refractivity contribution >= 4 is 22.8 Å². The number of imidazole rings is 1. The van der Waals surface area contributed by atoms with Gasteiger partial charge in [-0.05, 0) is 44.4 Å². The number of nitrogens with two attached hydrogens (primary N) is 1. The molecule has 0 atom stereocenters. The number of nitrogens with one attached hydrogen (secondary N) is 1. The summed E-state index contributed by atoms with van der Waals surface area (Å²) in [6.07, 6.45) is 4.18. The second kappa shape index (κ2) is 6.33. The van der Waals surface area contributed by atoms with Gasteiger partial charge >= 0.3 is 0 Å². The van der Waals surface area contributed by atoms with E-state index in [1.54, 1.807) is 6.33 Å². The molecule has 0 spiro atoms. The van der Waals surface area contributed by atoms with E-state index in [1.807, 2.05) is 28.8 Å². The number of rotatable bonds is 6. The fraction of sp³-hybridized carbons (Fsp3) is 0.389. The van der Waals surface area contributed by atoms with Crippen LogP contribution in [0, 0.1) is 0 Å². The zero-order chi connectivity index (χ0) is 17.4. The van der Waals surface area contributed by atoms with Crippen molar-refractivity contribution in [2.24, 2.45) is 5.73 Å². The van der Waals surface area contributed by atoms with Crippen molar-refractivity contribution < 1.29 is 4.74 Å². The maximum absolute atomic E-state index is 5.96. The van der Waals surface area contributed by atoms with Gasteiger partial charge in [-0.3, -0.25) is 0 Å². The maximum atomic E-state index is 5.96. The first kappa shape index (κ1) is 15.8. The van der Waals surface area contributed by atoms with E-state index in [1.165, 1.54) is 0 Å². The SMILES string of the molecule is CC(C)n1cnc2c(OC3CC3)nc(Nc3ccc(CN)cc3)nc21. The highest BCUT2D eigenvalue weighted by atomic mass is 16.5. The normalized spacial score (nSPS) is 14.2. The third-order valence-electron chi connectivity index (χ3n) is 4.19. The quantitative estimate of drug-likeness (QED) is 0.717. The van der Waals surface area contributed by atoms with Crippen LogP contribution in [0.1, 0.15) is 38.3 Å². The number of hydrogen-bond acceptors (Lipinski definition) is 6. The zero-order valence-electron chi connectivity index (χ0n) is 14.4. The third-order valence-corrected chi connectivity index (χ3v) is 4.19. The Morgan fingerprint density at radius 3 is 2.64 bits per heavy atom. The van der Waals surface area contributed by atoms with Crippen molar-refractivity contribution in [3.8, 4) is 5.88 Å². The summed E-state index contributed by atoms with van der Waals surface area (Å²) >= 11 is 0. The highest BCUT2D eigenvalue weighted by Crippen LogP contribution is 2.31. The van der Waals surface area contributed by atoms with Crippen LogP contribution in [0.3, 0.4) is 0 Å². The van der Waals surface area contributed by atoms with Crippen LogP contribution in [-0.4, -0.2) is 25.6 Å². The average molecular weight is 338 g/mol. The van der Waals surface area contributed by atoms with Gasteiger partial charge in [-0.1, -0.05) is 12.1 Å². The minimum Gasteiger partial charge on any atom is -0.473 e. The topological polar surface area (TPSA) is 90.9 Å². The van der Waals surface area contributed by atoms with Crippen LogP contribution in [0.2, 0.25) is 0 Å². The second-order valence-electron chi connectivity index (χ2n) is 6.61. The lowest BCUT2D eigenvalue weighted by Gasteiger charge is -2.11. The van der Waals surface area contributed by atoms with E-state index in [0.717, 1.165) is 29.7 Å². The summed E-state index contributed by atoms with van der Waals surface area (Å²) in [5.41, 5.74) is 9.13. The Bertz CT molecular complexity index is 882. The lowest BCUT2D eigenvalue weighted by atomic mass is 10.2. The van der Waals surface area contributed by atoms with Crippen LogP contribution < -0.4 is 15.8 Å². The van der Waals surface area contributed by atoms with Gasteiger partial charge in [0.25, 0.3) is 0 Å². The van der Waals surface area contributed by atoms with Gasteiger partial charge < -0.3 is 20.4 Å². The van der Waals surface area contributed by atoms with Crippen LogP contribution in [0.5, 0.6) is 5.88 Å². The molecular weight excluding hydrogens is 316 g/mol. The van der Waals surface area contributed by atoms with Crippen molar-refractivity contribution in [2.75, 3.05) is 5.32 Å². The number of anilines is 2. The lowest BCUT2D eigenvalue weighted by molar-refractivity contribution is 0.294. The Morgan fingerprint density at radius 2 is 2.00 bits per heavy atom. The molecule has 7 nitrogen and oxygen atoms in total. The Morgan fingerprint density at radius 1 is 1.24 bits per heavy atom. The number of benzene rings is 1. The molecule has 1 fully saturated rings. The number of nitrogens with zero attached hydrogens (tertiary/aromatic N) is 4. The monoisotopic (exact) mass is 338 g/mol. The molecule has 3 aromatic rings. The molecule has 1 aliphatic carbocycles. The van der Waals surface area contributed by atoms with Gasteiger partial charge in [0.15, 0.2) is 11.2 Å². The molecule has 1 aliphatic rings. The molecule has 2 heterocycles. The molecular formula is C18H22N6O. The predicted molar refractivity (Wildman–Crippen MR) is 97.0 cm³/mol. The van der Waals surface area contributed by atoms with E-state index in [2.05, 4.69) is 34.1 Å². The molecule has 25 heavy (non-hydrogen) atoms. The third kappa shape index (κ3) is 3.28. The van der Waals surface area contributed by atoms with Crippen molar-refractivity contribution in [2.45, 2.75) is 45.4 Å². The Labute approximate surface area is 146 Å². The fourth-order valence-electron chi connectivity index (χ4n) is 2.60. The lowest BCUT2D eigenvalue weighted by Crippen LogP contribution is -2.06. The molecule has 3 N–H and O–H groups in total. The molecule has 0 aliphatic heterocycles. The molecule has 7 heteroatoms. The van der Waals surface area contributed by atoms with Crippen LogP contribution >= 0.6 is 0 Å². The fourth-order valence-corrected chi connectivity index (χ4v) is 2.60. The van der Waals surface area contributed by atoms with Crippen LogP contribution in [0.4, 0.5) is 11.6 Å². The van der Waals surface area contributed by atoms with Crippen molar-refractivity contribution in [1.29, 1.82) is 0 Å². The molecule has 0 saturated heterocycles. The van der Waals surface area contributed by atoms with Gasteiger partial charge in [0.2, 0.25) is 11.8 Å². The highest BCUT2D eigenvalue weighted by molar-refractivity contribution is 5.78. The van der Waals surface area contributed by atoms with Crippen molar-refractivity contribution in [3.63, 3.8) is 0 Å². The minimum atomic E-state index is 0.249. The molecule has 0 unspecified atom stereocenters. The maximum Gasteiger partial charge on any atom is 0.247 e. The van der Waals surface area contributed by atoms with E-state index in [-0.39, 0.29) is 12.1 Å². The summed E-state index contributed by atoms with van der Waals surface area (Å²) in [5, 5.41) is 3.25. The molecule has 2 aromatic heterocycles. The second-order valence-corrected chi connectivity index (χ2v) is 6.61. The molecule has 0 amide bonds. The van der Waals surface area contributed by atoms with E-state index in [4.69, 9.17) is 10.5 Å². The summed E-state index contributed by atoms with van der Waals surface area (Å²) in [5.74, 6) is 1.05. The van der Waals surface area contributed by atoms with E-state index >= 15 is 0 Å². The molecule has 1 saturated carbocycles. The highest BCUT2D eigenvalue weighted by Gasteiger charge is 2.26. The van der Waals surface area contributed by atoms with Crippen molar-refractivity contribution in [1.82, 2.24) is 19.5 Å². The van der Waals surface area contributed by atoms with Crippen LogP contribution in [0.15, 0.2) is 30.6 Å². The summed E-state index contributed by atoms with van der Waals surface area (Å²) in [6, 6.07) is 8.17. The van der Waals surface area contributed by atoms with E-state index in [9.17, 15) is 0 Å². The van der Waals surface area contributed by atoms with Gasteiger partial charge in [0.05, 0.1) is 6.33 Å². The largest absolute Gasteiger partial charge is 0.473 e. The number of ether oxygens (including phenoxy) is 1. The summed E-state index contributed by atoms with van der Waals surface area (Å²) in [4.78, 5) is 13.7.